The molecule has 0 saturated heterocycles. The summed E-state index contributed by atoms with van der Waals surface area (Å²) in [5.41, 5.74) is 0.677. The molecule has 2 aliphatic rings. The van der Waals surface area contributed by atoms with Gasteiger partial charge in [-0.25, -0.2) is 24.3 Å². The molecule has 2 rings (SSSR count). The molecule has 0 spiro atoms. The Bertz CT molecular complexity index is 309. The van der Waals surface area contributed by atoms with E-state index in [0.717, 1.165) is 6.42 Å². The number of hydrogen-bond acceptors (Lipinski definition) is 0. The molecule has 0 radical (unpaired) electrons. The maximum Gasteiger partial charge on any atom is 0.0404 e. The second-order valence-electron chi connectivity index (χ2n) is 3.67. The Labute approximate surface area is 145 Å². The molecule has 2 aliphatic carbocycles. The molecule has 4 heteroatoms. The molecular formula is C14H20Cl2HfSi-2. The maximum absolute atomic E-state index is 3.31. The molecule has 0 aromatic heterocycles. The van der Waals surface area contributed by atoms with Crippen molar-refractivity contribution in [1.82, 2.24) is 0 Å². The zero-order valence-corrected chi connectivity index (χ0v) is 17.5. The Hall–Kier alpha value is 0.367. The summed E-state index contributed by atoms with van der Waals surface area (Å²) in [5.74, 6) is 0. The van der Waals surface area contributed by atoms with Crippen LogP contribution in [0.1, 0.15) is 20.3 Å². The zero-order valence-electron chi connectivity index (χ0n) is 10.8. The van der Waals surface area contributed by atoms with Gasteiger partial charge in [-0.15, -0.1) is 36.8 Å². The van der Waals surface area contributed by atoms with Crippen molar-refractivity contribution in [2.75, 3.05) is 0 Å². The van der Waals surface area contributed by atoms with E-state index in [1.54, 1.807) is 5.20 Å². The number of halogens is 2. The molecule has 1 atom stereocenters. The molecule has 1 unspecified atom stereocenters. The van der Waals surface area contributed by atoms with E-state index in [1.807, 2.05) is 18.2 Å². The Morgan fingerprint density at radius 3 is 2.33 bits per heavy atom. The Morgan fingerprint density at radius 2 is 2.00 bits per heavy atom. The van der Waals surface area contributed by atoms with E-state index >= 15 is 0 Å². The van der Waals surface area contributed by atoms with Gasteiger partial charge in [0.1, 0.15) is 0 Å². The zero-order chi connectivity index (χ0) is 10.9. The van der Waals surface area contributed by atoms with E-state index in [0.29, 0.717) is 5.54 Å². The summed E-state index contributed by atoms with van der Waals surface area (Å²) in [6, 6.07) is 0. The van der Waals surface area contributed by atoms with Crippen LogP contribution in [0.4, 0.5) is 0 Å². The van der Waals surface area contributed by atoms with Gasteiger partial charge in [0.2, 0.25) is 0 Å². The standard InChI is InChI=1S/C9H13Si.C5H5.2ClH.Hf/c1-3-8(2)10-9-6-4-5-7-9;1-2-4-5-3-1;;;/h3-6,9H,10H2,1-2H3;1-3H,4H2;2*1H;/q2*-1;;;. The summed E-state index contributed by atoms with van der Waals surface area (Å²) in [5, 5.41) is 1.58. The fourth-order valence-corrected chi connectivity index (χ4v) is 2.83. The van der Waals surface area contributed by atoms with Crippen molar-refractivity contribution in [3.63, 3.8) is 0 Å². The number of hydrogen-bond donors (Lipinski definition) is 0. The first kappa shape index (κ1) is 23.5. The van der Waals surface area contributed by atoms with Crippen LogP contribution in [-0.4, -0.2) is 9.52 Å². The minimum absolute atomic E-state index is 0. The minimum atomic E-state index is -0.0559. The molecular weight excluding hydrogens is 446 g/mol. The van der Waals surface area contributed by atoms with E-state index in [4.69, 9.17) is 0 Å². The number of allylic oxidation sites excluding steroid dienone is 10. The van der Waals surface area contributed by atoms with Crippen molar-refractivity contribution in [1.29, 1.82) is 0 Å². The molecule has 0 fully saturated rings. The van der Waals surface area contributed by atoms with Gasteiger partial charge in [0.05, 0.1) is 0 Å². The van der Waals surface area contributed by atoms with Crippen molar-refractivity contribution >= 4 is 34.3 Å². The van der Waals surface area contributed by atoms with Crippen molar-refractivity contribution in [2.45, 2.75) is 25.8 Å². The van der Waals surface area contributed by atoms with Gasteiger partial charge >= 0.3 is 0 Å². The van der Waals surface area contributed by atoms with Gasteiger partial charge in [0.25, 0.3) is 0 Å². The summed E-state index contributed by atoms with van der Waals surface area (Å²) >= 11 is 0. The SMILES string of the molecule is CC=C(C)[SiH2]C1[C-]=CC=C1.Cl.Cl.[C-]1=CC=CC1.[Hf]. The third-order valence-corrected chi connectivity index (χ3v) is 4.37. The van der Waals surface area contributed by atoms with Crippen molar-refractivity contribution in [3.05, 3.63) is 59.9 Å². The predicted molar refractivity (Wildman–Crippen MR) is 84.7 cm³/mol. The molecule has 0 heterocycles. The molecule has 0 aromatic carbocycles. The van der Waals surface area contributed by atoms with Gasteiger partial charge in [-0.3, -0.25) is 12.2 Å². The first-order valence-electron chi connectivity index (χ1n) is 5.42. The average molecular weight is 466 g/mol. The normalized spacial score (nSPS) is 19.0. The second kappa shape index (κ2) is 15.4. The maximum atomic E-state index is 3.31. The second-order valence-corrected chi connectivity index (χ2v) is 6.07. The molecule has 0 amide bonds. The van der Waals surface area contributed by atoms with E-state index in [1.165, 1.54) is 0 Å². The van der Waals surface area contributed by atoms with Crippen LogP contribution in [0.25, 0.3) is 0 Å². The van der Waals surface area contributed by atoms with Crippen molar-refractivity contribution < 1.29 is 25.8 Å². The van der Waals surface area contributed by atoms with E-state index in [-0.39, 0.29) is 60.2 Å². The number of rotatable bonds is 2. The van der Waals surface area contributed by atoms with Gasteiger partial charge in [0.15, 0.2) is 0 Å². The summed E-state index contributed by atoms with van der Waals surface area (Å²) in [6.07, 6.45) is 21.9. The Morgan fingerprint density at radius 1 is 1.28 bits per heavy atom. The fraction of sp³-hybridized carbons (Fsp3) is 0.286. The van der Waals surface area contributed by atoms with Crippen LogP contribution in [0, 0.1) is 12.2 Å². The third kappa shape index (κ3) is 11.5. The van der Waals surface area contributed by atoms with Crippen LogP contribution >= 0.6 is 24.8 Å². The van der Waals surface area contributed by atoms with Gasteiger partial charge in [-0.05, 0) is 13.8 Å². The summed E-state index contributed by atoms with van der Waals surface area (Å²) in [6.45, 7) is 4.34. The Kier molecular flexibility index (Phi) is 20.1. The molecule has 0 aromatic rings. The van der Waals surface area contributed by atoms with Crippen LogP contribution < -0.4 is 0 Å². The molecule has 0 nitrogen and oxygen atoms in total. The fourth-order valence-electron chi connectivity index (χ4n) is 1.36. The molecule has 0 bridgehead atoms. The van der Waals surface area contributed by atoms with Crippen molar-refractivity contribution in [3.8, 4) is 0 Å². The van der Waals surface area contributed by atoms with E-state index in [2.05, 4.69) is 50.3 Å². The predicted octanol–water partition coefficient (Wildman–Crippen LogP) is 3.94. The van der Waals surface area contributed by atoms with Crippen LogP contribution in [0.2, 0.25) is 5.54 Å². The van der Waals surface area contributed by atoms with Gasteiger partial charge in [-0.1, -0.05) is 11.3 Å². The van der Waals surface area contributed by atoms with Crippen LogP contribution in [-0.2, 0) is 25.8 Å². The van der Waals surface area contributed by atoms with Crippen LogP contribution in [0.3, 0.4) is 0 Å². The van der Waals surface area contributed by atoms with E-state index < -0.39 is 0 Å². The van der Waals surface area contributed by atoms with Gasteiger partial charge < -0.3 is 0 Å². The molecule has 100 valence electrons. The van der Waals surface area contributed by atoms with Crippen LogP contribution in [0.15, 0.2) is 47.7 Å². The Balaban J connectivity index is -0.000000245. The summed E-state index contributed by atoms with van der Waals surface area (Å²) in [4.78, 5) is 0. The van der Waals surface area contributed by atoms with Gasteiger partial charge in [-0.2, -0.15) is 12.2 Å². The first-order valence-corrected chi connectivity index (χ1v) is 6.95. The molecule has 0 N–H and O–H groups in total. The van der Waals surface area contributed by atoms with Crippen molar-refractivity contribution in [2.24, 2.45) is 0 Å². The monoisotopic (exact) mass is 466 g/mol. The summed E-state index contributed by atoms with van der Waals surface area (Å²) in [7, 11) is -0.0559. The topological polar surface area (TPSA) is 0 Å². The molecule has 0 saturated carbocycles. The van der Waals surface area contributed by atoms with Gasteiger partial charge in [0, 0.05) is 35.4 Å². The quantitative estimate of drug-likeness (QED) is 0.428. The first-order chi connectivity index (χ1) is 7.33. The molecule has 0 aliphatic heterocycles. The summed E-state index contributed by atoms with van der Waals surface area (Å²) < 4.78 is 0. The van der Waals surface area contributed by atoms with E-state index in [9.17, 15) is 0 Å². The smallest absolute Gasteiger partial charge is 0.0404 e. The third-order valence-electron chi connectivity index (χ3n) is 2.37. The van der Waals surface area contributed by atoms with Crippen LogP contribution in [0.5, 0.6) is 0 Å². The average Bonchev–Trinajstić information content (AvgIpc) is 2.92. The minimum Gasteiger partial charge on any atom is -0.273 e. The molecule has 18 heavy (non-hydrogen) atoms. The largest absolute Gasteiger partial charge is 0.273 e.